The lowest BCUT2D eigenvalue weighted by Gasteiger charge is -2.22. The quantitative estimate of drug-likeness (QED) is 0.828. The van der Waals surface area contributed by atoms with Gasteiger partial charge in [0.2, 0.25) is 0 Å². The van der Waals surface area contributed by atoms with Gasteiger partial charge in [-0.05, 0) is 37.5 Å². The second-order valence-corrected chi connectivity index (χ2v) is 5.96. The van der Waals surface area contributed by atoms with Crippen LogP contribution < -0.4 is 10.1 Å². The maximum atomic E-state index is 5.82. The molecule has 0 unspecified atom stereocenters. The predicted octanol–water partition coefficient (Wildman–Crippen LogP) is 4.06. The van der Waals surface area contributed by atoms with Crippen molar-refractivity contribution in [3.63, 3.8) is 0 Å². The van der Waals surface area contributed by atoms with E-state index in [4.69, 9.17) is 4.74 Å². The van der Waals surface area contributed by atoms with Gasteiger partial charge < -0.3 is 10.1 Å². The van der Waals surface area contributed by atoms with Gasteiger partial charge in [-0.3, -0.25) is 0 Å². The predicted molar refractivity (Wildman–Crippen MR) is 79.2 cm³/mol. The summed E-state index contributed by atoms with van der Waals surface area (Å²) in [5.74, 6) is 0.981. The molecule has 2 nitrogen and oxygen atoms in total. The minimum Gasteiger partial charge on any atom is -0.492 e. The molecule has 1 aliphatic rings. The maximum absolute atomic E-state index is 5.82. The Morgan fingerprint density at radius 2 is 2.06 bits per heavy atom. The van der Waals surface area contributed by atoms with Crippen molar-refractivity contribution in [2.75, 3.05) is 13.2 Å². The van der Waals surface area contributed by atoms with Gasteiger partial charge in [0.1, 0.15) is 12.4 Å². The van der Waals surface area contributed by atoms with Crippen LogP contribution in [0, 0.1) is 6.92 Å². The van der Waals surface area contributed by atoms with Crippen LogP contribution in [0.25, 0.3) is 0 Å². The van der Waals surface area contributed by atoms with E-state index in [9.17, 15) is 0 Å². The highest BCUT2D eigenvalue weighted by atomic mass is 79.9. The lowest BCUT2D eigenvalue weighted by Crippen LogP contribution is -2.34. The number of halogens is 1. The van der Waals surface area contributed by atoms with Gasteiger partial charge in [-0.1, -0.05) is 41.3 Å². The van der Waals surface area contributed by atoms with E-state index in [0.29, 0.717) is 6.04 Å². The highest BCUT2D eigenvalue weighted by Gasteiger charge is 2.11. The summed E-state index contributed by atoms with van der Waals surface area (Å²) in [6, 6.07) is 6.87. The first kappa shape index (κ1) is 13.9. The molecule has 1 N–H and O–H groups in total. The number of rotatable bonds is 5. The summed E-state index contributed by atoms with van der Waals surface area (Å²) in [4.78, 5) is 0. The maximum Gasteiger partial charge on any atom is 0.123 e. The fourth-order valence-electron chi connectivity index (χ4n) is 2.46. The van der Waals surface area contributed by atoms with E-state index < -0.39 is 0 Å². The molecule has 1 aromatic rings. The number of benzene rings is 1. The van der Waals surface area contributed by atoms with Crippen molar-refractivity contribution in [3.8, 4) is 5.75 Å². The molecule has 0 radical (unpaired) electrons. The van der Waals surface area contributed by atoms with Gasteiger partial charge in [-0.2, -0.15) is 0 Å². The smallest absolute Gasteiger partial charge is 0.123 e. The van der Waals surface area contributed by atoms with Gasteiger partial charge in [0.05, 0.1) is 0 Å². The van der Waals surface area contributed by atoms with Crippen molar-refractivity contribution in [2.45, 2.75) is 45.1 Å². The molecule has 0 amide bonds. The Labute approximate surface area is 118 Å². The molecule has 2 rings (SSSR count). The van der Waals surface area contributed by atoms with E-state index >= 15 is 0 Å². The van der Waals surface area contributed by atoms with Gasteiger partial charge >= 0.3 is 0 Å². The van der Waals surface area contributed by atoms with E-state index in [-0.39, 0.29) is 0 Å². The molecule has 0 atom stereocenters. The second kappa shape index (κ2) is 7.15. The van der Waals surface area contributed by atoms with Crippen LogP contribution >= 0.6 is 15.9 Å². The molecule has 1 saturated carbocycles. The van der Waals surface area contributed by atoms with Crippen molar-refractivity contribution in [2.24, 2.45) is 0 Å². The topological polar surface area (TPSA) is 21.3 Å². The van der Waals surface area contributed by atoms with Crippen LogP contribution in [0.4, 0.5) is 0 Å². The van der Waals surface area contributed by atoms with Gasteiger partial charge in [0, 0.05) is 17.1 Å². The highest BCUT2D eigenvalue weighted by Crippen LogP contribution is 2.22. The molecule has 18 heavy (non-hydrogen) atoms. The van der Waals surface area contributed by atoms with Crippen molar-refractivity contribution in [1.29, 1.82) is 0 Å². The fraction of sp³-hybridized carbons (Fsp3) is 0.600. The molecular weight excluding hydrogens is 290 g/mol. The molecule has 0 aromatic heterocycles. The van der Waals surface area contributed by atoms with E-state index in [1.807, 2.05) is 12.1 Å². The Balaban J connectivity index is 1.69. The Kier molecular flexibility index (Phi) is 5.51. The molecule has 0 bridgehead atoms. The second-order valence-electron chi connectivity index (χ2n) is 5.05. The van der Waals surface area contributed by atoms with Crippen LogP contribution in [0.5, 0.6) is 5.75 Å². The van der Waals surface area contributed by atoms with E-state index in [0.717, 1.165) is 23.4 Å². The van der Waals surface area contributed by atoms with Crippen LogP contribution in [0.2, 0.25) is 0 Å². The lowest BCUT2D eigenvalue weighted by atomic mass is 9.96. The van der Waals surface area contributed by atoms with Crippen LogP contribution in [-0.2, 0) is 0 Å². The third kappa shape index (κ3) is 4.29. The summed E-state index contributed by atoms with van der Waals surface area (Å²) in [5, 5.41) is 3.59. The van der Waals surface area contributed by atoms with Crippen molar-refractivity contribution in [1.82, 2.24) is 5.32 Å². The first-order chi connectivity index (χ1) is 8.75. The molecule has 1 fully saturated rings. The third-order valence-corrected chi connectivity index (χ3v) is 4.04. The van der Waals surface area contributed by atoms with Crippen LogP contribution in [0.15, 0.2) is 22.7 Å². The van der Waals surface area contributed by atoms with E-state index in [2.05, 4.69) is 34.2 Å². The van der Waals surface area contributed by atoms with Gasteiger partial charge in [-0.15, -0.1) is 0 Å². The standard InChI is InChI=1S/C15H22BrNO/c1-12-7-8-13(16)11-15(12)18-10-9-17-14-5-3-2-4-6-14/h7-8,11,14,17H,2-6,9-10H2,1H3. The van der Waals surface area contributed by atoms with E-state index in [1.54, 1.807) is 0 Å². The number of aryl methyl sites for hydroxylation is 1. The minimum atomic E-state index is 0.714. The molecular formula is C15H22BrNO. The molecule has 100 valence electrons. The van der Waals surface area contributed by atoms with Gasteiger partial charge in [0.25, 0.3) is 0 Å². The fourth-order valence-corrected chi connectivity index (χ4v) is 2.80. The van der Waals surface area contributed by atoms with E-state index in [1.165, 1.54) is 37.7 Å². The normalized spacial score (nSPS) is 16.8. The van der Waals surface area contributed by atoms with Crippen molar-refractivity contribution >= 4 is 15.9 Å². The molecule has 1 aliphatic carbocycles. The Hall–Kier alpha value is -0.540. The Morgan fingerprint density at radius 3 is 2.83 bits per heavy atom. The number of nitrogens with one attached hydrogen (secondary N) is 1. The minimum absolute atomic E-state index is 0.714. The zero-order valence-electron chi connectivity index (χ0n) is 11.0. The summed E-state index contributed by atoms with van der Waals surface area (Å²) in [6.45, 7) is 3.76. The van der Waals surface area contributed by atoms with Crippen LogP contribution in [0.3, 0.4) is 0 Å². The first-order valence-corrected chi connectivity index (χ1v) is 7.67. The Bertz CT molecular complexity index is 375. The third-order valence-electron chi connectivity index (χ3n) is 3.55. The molecule has 0 spiro atoms. The average molecular weight is 312 g/mol. The lowest BCUT2D eigenvalue weighted by molar-refractivity contribution is 0.288. The zero-order chi connectivity index (χ0) is 12.8. The summed E-state index contributed by atoms with van der Waals surface area (Å²) in [5.41, 5.74) is 1.19. The van der Waals surface area contributed by atoms with Gasteiger partial charge in [-0.25, -0.2) is 0 Å². The van der Waals surface area contributed by atoms with Gasteiger partial charge in [0.15, 0.2) is 0 Å². The van der Waals surface area contributed by atoms with Crippen molar-refractivity contribution < 1.29 is 4.74 Å². The van der Waals surface area contributed by atoms with Crippen molar-refractivity contribution in [3.05, 3.63) is 28.2 Å². The zero-order valence-corrected chi connectivity index (χ0v) is 12.6. The summed E-state index contributed by atoms with van der Waals surface area (Å²) in [7, 11) is 0. The Morgan fingerprint density at radius 1 is 1.28 bits per heavy atom. The molecule has 3 heteroatoms. The summed E-state index contributed by atoms with van der Waals surface area (Å²) in [6.07, 6.45) is 6.82. The number of ether oxygens (including phenoxy) is 1. The monoisotopic (exact) mass is 311 g/mol. The molecule has 0 heterocycles. The molecule has 1 aromatic carbocycles. The summed E-state index contributed by atoms with van der Waals surface area (Å²) < 4.78 is 6.89. The largest absolute Gasteiger partial charge is 0.492 e. The first-order valence-electron chi connectivity index (χ1n) is 6.88. The number of hydrogen-bond acceptors (Lipinski definition) is 2. The number of hydrogen-bond donors (Lipinski definition) is 1. The molecule has 0 saturated heterocycles. The van der Waals surface area contributed by atoms with Crippen LogP contribution in [-0.4, -0.2) is 19.2 Å². The SMILES string of the molecule is Cc1ccc(Br)cc1OCCNC1CCCCC1. The van der Waals surface area contributed by atoms with Crippen LogP contribution in [0.1, 0.15) is 37.7 Å². The highest BCUT2D eigenvalue weighted by molar-refractivity contribution is 9.10. The average Bonchev–Trinajstić information content (AvgIpc) is 2.40. The summed E-state index contributed by atoms with van der Waals surface area (Å²) >= 11 is 3.47. The molecule has 0 aliphatic heterocycles.